The Labute approximate surface area is 125 Å². The molecule has 0 unspecified atom stereocenters. The zero-order valence-electron chi connectivity index (χ0n) is 10.9. The second-order valence-corrected chi connectivity index (χ2v) is 5.34. The summed E-state index contributed by atoms with van der Waals surface area (Å²) in [6, 6.07) is 4.80. The van der Waals surface area contributed by atoms with Crippen LogP contribution in [0.3, 0.4) is 0 Å². The van der Waals surface area contributed by atoms with E-state index in [1.807, 2.05) is 10.8 Å². The Balaban J connectivity index is 1.73. The zero-order chi connectivity index (χ0) is 14.4. The fourth-order valence-corrected chi connectivity index (χ4v) is 2.19. The van der Waals surface area contributed by atoms with Crippen LogP contribution in [0.15, 0.2) is 41.4 Å². The minimum atomic E-state index is -0.258. The first-order valence-corrected chi connectivity index (χ1v) is 7.18. The van der Waals surface area contributed by atoms with E-state index in [0.29, 0.717) is 6.54 Å². The van der Waals surface area contributed by atoms with E-state index in [1.165, 1.54) is 6.07 Å². The number of benzene rings is 1. The first-order valence-electron chi connectivity index (χ1n) is 6.39. The van der Waals surface area contributed by atoms with Crippen molar-refractivity contribution in [3.05, 3.63) is 47.0 Å². The molecule has 1 aromatic carbocycles. The topological polar surface area (TPSA) is 67.2 Å². The lowest BCUT2D eigenvalue weighted by Gasteiger charge is -2.07. The van der Waals surface area contributed by atoms with Crippen molar-refractivity contribution in [2.24, 2.45) is 0 Å². The monoisotopic (exact) mass is 337 g/mol. The van der Waals surface area contributed by atoms with Crippen molar-refractivity contribution in [1.29, 1.82) is 0 Å². The zero-order valence-corrected chi connectivity index (χ0v) is 12.5. The van der Waals surface area contributed by atoms with Crippen LogP contribution in [0.2, 0.25) is 0 Å². The van der Waals surface area contributed by atoms with Crippen molar-refractivity contribution >= 4 is 21.8 Å². The third-order valence-corrected chi connectivity index (χ3v) is 3.38. The predicted molar refractivity (Wildman–Crippen MR) is 79.6 cm³/mol. The molecule has 20 heavy (non-hydrogen) atoms. The lowest BCUT2D eigenvalue weighted by Crippen LogP contribution is -2.24. The lowest BCUT2D eigenvalue weighted by molar-refractivity contribution is 0.0950. The summed E-state index contributed by atoms with van der Waals surface area (Å²) in [6.45, 7) is 1.47. The molecular formula is C14H16BrN3O2. The predicted octanol–water partition coefficient (Wildman–Crippen LogP) is 2.56. The molecule has 2 N–H and O–H groups in total. The molecule has 0 bridgehead atoms. The number of carbonyl (C=O) groups excluding carboxylic acids is 1. The maximum absolute atomic E-state index is 11.9. The lowest BCUT2D eigenvalue weighted by atomic mass is 10.2. The number of aryl methyl sites for hydroxylation is 1. The molecule has 0 aliphatic carbocycles. The quantitative estimate of drug-likeness (QED) is 0.796. The van der Waals surface area contributed by atoms with Crippen molar-refractivity contribution < 1.29 is 9.90 Å². The number of nitrogens with one attached hydrogen (secondary N) is 1. The van der Waals surface area contributed by atoms with Crippen molar-refractivity contribution in [1.82, 2.24) is 14.9 Å². The normalized spacial score (nSPS) is 10.4. The summed E-state index contributed by atoms with van der Waals surface area (Å²) in [5.74, 6) is -0.268. The average Bonchev–Trinajstić information content (AvgIpc) is 2.94. The van der Waals surface area contributed by atoms with Crippen LogP contribution >= 0.6 is 15.9 Å². The third-order valence-electron chi connectivity index (χ3n) is 2.89. The van der Waals surface area contributed by atoms with E-state index in [4.69, 9.17) is 0 Å². The number of carbonyl (C=O) groups is 1. The van der Waals surface area contributed by atoms with Gasteiger partial charge >= 0.3 is 0 Å². The van der Waals surface area contributed by atoms with E-state index < -0.39 is 0 Å². The smallest absolute Gasteiger partial charge is 0.255 e. The number of amides is 1. The van der Waals surface area contributed by atoms with Gasteiger partial charge in [-0.2, -0.15) is 0 Å². The van der Waals surface area contributed by atoms with Gasteiger partial charge in [0.2, 0.25) is 0 Å². The van der Waals surface area contributed by atoms with E-state index in [0.717, 1.165) is 23.9 Å². The maximum atomic E-state index is 11.9. The summed E-state index contributed by atoms with van der Waals surface area (Å²) in [5, 5.41) is 12.4. The molecule has 0 saturated carbocycles. The molecule has 2 aromatic rings. The Kier molecular flexibility index (Phi) is 5.17. The highest BCUT2D eigenvalue weighted by molar-refractivity contribution is 9.10. The molecule has 0 aliphatic heterocycles. The van der Waals surface area contributed by atoms with Gasteiger partial charge in [-0.15, -0.1) is 0 Å². The molecule has 5 nitrogen and oxygen atoms in total. The molecule has 0 atom stereocenters. The molecule has 1 heterocycles. The highest BCUT2D eigenvalue weighted by Crippen LogP contribution is 2.21. The number of unbranched alkanes of at least 4 members (excludes halogenated alkanes) is 1. The molecule has 106 valence electrons. The van der Waals surface area contributed by atoms with E-state index in [2.05, 4.69) is 26.2 Å². The fraction of sp³-hybridized carbons (Fsp3) is 0.286. The van der Waals surface area contributed by atoms with Gasteiger partial charge in [0.25, 0.3) is 5.91 Å². The number of hydrogen-bond donors (Lipinski definition) is 2. The number of hydrogen-bond acceptors (Lipinski definition) is 3. The largest absolute Gasteiger partial charge is 0.507 e. The number of phenolic OH excluding ortho intramolecular Hbond substituents is 1. The van der Waals surface area contributed by atoms with Crippen molar-refractivity contribution in [3.8, 4) is 5.75 Å². The molecule has 6 heteroatoms. The molecule has 0 saturated heterocycles. The molecular weight excluding hydrogens is 322 g/mol. The number of phenols is 1. The average molecular weight is 338 g/mol. The first kappa shape index (κ1) is 14.6. The van der Waals surface area contributed by atoms with Gasteiger partial charge < -0.3 is 15.0 Å². The summed E-state index contributed by atoms with van der Waals surface area (Å²) < 4.78 is 2.77. The standard InChI is InChI=1S/C14H16BrN3O2/c15-11-3-4-13(19)12(9-11)14(20)17-5-1-2-7-18-8-6-16-10-18/h3-4,6,8-10,19H,1-2,5,7H2,(H,17,20). The van der Waals surface area contributed by atoms with Crippen LogP contribution in [0.4, 0.5) is 0 Å². The van der Waals surface area contributed by atoms with Crippen molar-refractivity contribution in [2.45, 2.75) is 19.4 Å². The summed E-state index contributed by atoms with van der Waals surface area (Å²) in [6.07, 6.45) is 7.27. The minimum absolute atomic E-state index is 0.0101. The second kappa shape index (κ2) is 7.09. The third kappa shape index (κ3) is 4.09. The van der Waals surface area contributed by atoms with Gasteiger partial charge in [-0.05, 0) is 31.0 Å². The highest BCUT2D eigenvalue weighted by Gasteiger charge is 2.10. The molecule has 2 rings (SSSR count). The van der Waals surface area contributed by atoms with E-state index >= 15 is 0 Å². The van der Waals surface area contributed by atoms with Gasteiger partial charge in [0, 0.05) is 30.0 Å². The van der Waals surface area contributed by atoms with Crippen molar-refractivity contribution in [2.75, 3.05) is 6.54 Å². The van der Waals surface area contributed by atoms with Crippen LogP contribution in [-0.4, -0.2) is 27.1 Å². The van der Waals surface area contributed by atoms with Crippen LogP contribution in [-0.2, 0) is 6.54 Å². The van der Waals surface area contributed by atoms with Crippen LogP contribution in [0.5, 0.6) is 5.75 Å². The number of halogens is 1. The van der Waals surface area contributed by atoms with Crippen LogP contribution < -0.4 is 5.32 Å². The Morgan fingerprint density at radius 1 is 1.40 bits per heavy atom. The summed E-state index contributed by atoms with van der Waals surface area (Å²) in [5.41, 5.74) is 0.286. The molecule has 0 fully saturated rings. The van der Waals surface area contributed by atoms with Gasteiger partial charge in [-0.25, -0.2) is 4.98 Å². The fourth-order valence-electron chi connectivity index (χ4n) is 1.83. The van der Waals surface area contributed by atoms with E-state index in [9.17, 15) is 9.90 Å². The second-order valence-electron chi connectivity index (χ2n) is 4.42. The Morgan fingerprint density at radius 3 is 3.00 bits per heavy atom. The van der Waals surface area contributed by atoms with Gasteiger partial charge in [0.05, 0.1) is 11.9 Å². The number of aromatic nitrogens is 2. The SMILES string of the molecule is O=C(NCCCCn1ccnc1)c1cc(Br)ccc1O. The molecule has 0 spiro atoms. The summed E-state index contributed by atoms with van der Waals surface area (Å²) in [7, 11) is 0. The maximum Gasteiger partial charge on any atom is 0.255 e. The minimum Gasteiger partial charge on any atom is -0.507 e. The first-order chi connectivity index (χ1) is 9.66. The Hall–Kier alpha value is -1.82. The highest BCUT2D eigenvalue weighted by atomic mass is 79.9. The van der Waals surface area contributed by atoms with Crippen LogP contribution in [0, 0.1) is 0 Å². The van der Waals surface area contributed by atoms with Crippen LogP contribution in [0.25, 0.3) is 0 Å². The number of nitrogens with zero attached hydrogens (tertiary/aromatic N) is 2. The Morgan fingerprint density at radius 2 is 2.25 bits per heavy atom. The van der Waals surface area contributed by atoms with Gasteiger partial charge in [0.1, 0.15) is 5.75 Å². The van der Waals surface area contributed by atoms with Crippen molar-refractivity contribution in [3.63, 3.8) is 0 Å². The number of rotatable bonds is 6. The van der Waals surface area contributed by atoms with Crippen LogP contribution in [0.1, 0.15) is 23.2 Å². The number of aromatic hydroxyl groups is 1. The molecule has 1 amide bonds. The van der Waals surface area contributed by atoms with E-state index in [1.54, 1.807) is 24.7 Å². The molecule has 0 aliphatic rings. The van der Waals surface area contributed by atoms with Gasteiger partial charge in [-0.1, -0.05) is 15.9 Å². The van der Waals surface area contributed by atoms with Gasteiger partial charge in [0.15, 0.2) is 0 Å². The van der Waals surface area contributed by atoms with Gasteiger partial charge in [-0.3, -0.25) is 4.79 Å². The van der Waals surface area contributed by atoms with E-state index in [-0.39, 0.29) is 17.2 Å². The Bertz CT molecular complexity index is 570. The molecule has 1 aromatic heterocycles. The summed E-state index contributed by atoms with van der Waals surface area (Å²) >= 11 is 3.28. The molecule has 0 radical (unpaired) electrons. The summed E-state index contributed by atoms with van der Waals surface area (Å²) in [4.78, 5) is 15.9. The number of imidazole rings is 1.